The van der Waals surface area contributed by atoms with Gasteiger partial charge in [-0.05, 0) is 27.3 Å². The summed E-state index contributed by atoms with van der Waals surface area (Å²) in [6.07, 6.45) is 0. The van der Waals surface area contributed by atoms with E-state index >= 15 is 0 Å². The predicted molar refractivity (Wildman–Crippen MR) is 82.8 cm³/mol. The summed E-state index contributed by atoms with van der Waals surface area (Å²) < 4.78 is 0. The molecule has 0 radical (unpaired) electrons. The van der Waals surface area contributed by atoms with Gasteiger partial charge in [-0.2, -0.15) is 0 Å². The Morgan fingerprint density at radius 2 is 1.79 bits per heavy atom. The lowest BCUT2D eigenvalue weighted by molar-refractivity contribution is 0.107. The van der Waals surface area contributed by atoms with Gasteiger partial charge in [0.25, 0.3) is 0 Å². The summed E-state index contributed by atoms with van der Waals surface area (Å²) in [5.74, 6) is 0.897. The second-order valence-electron chi connectivity index (χ2n) is 5.57. The van der Waals surface area contributed by atoms with Crippen LogP contribution in [0.5, 0.6) is 0 Å². The Labute approximate surface area is 118 Å². The minimum atomic E-state index is 0.412. The normalized spacial score (nSPS) is 20.6. The third-order valence-corrected chi connectivity index (χ3v) is 3.69. The molecule has 0 saturated carbocycles. The van der Waals surface area contributed by atoms with Gasteiger partial charge in [0.1, 0.15) is 0 Å². The summed E-state index contributed by atoms with van der Waals surface area (Å²) in [6.45, 7) is 15.6. The molecule has 1 fully saturated rings. The van der Waals surface area contributed by atoms with E-state index in [0.29, 0.717) is 12.1 Å². The maximum Gasteiger partial charge on any atom is 0.191 e. The van der Waals surface area contributed by atoms with Gasteiger partial charge >= 0.3 is 0 Å². The molecule has 0 aromatic heterocycles. The number of nitrogens with one attached hydrogen (secondary N) is 2. The average Bonchev–Trinajstić information content (AvgIpc) is 2.42. The molecule has 1 atom stereocenters. The Morgan fingerprint density at radius 3 is 2.26 bits per heavy atom. The van der Waals surface area contributed by atoms with Crippen LogP contribution in [0, 0.1) is 0 Å². The van der Waals surface area contributed by atoms with Crippen LogP contribution in [0.3, 0.4) is 0 Å². The lowest BCUT2D eigenvalue weighted by atomic mass is 10.2. The van der Waals surface area contributed by atoms with E-state index < -0.39 is 0 Å². The van der Waals surface area contributed by atoms with Crippen molar-refractivity contribution in [3.05, 3.63) is 0 Å². The Hall–Kier alpha value is -0.810. The van der Waals surface area contributed by atoms with Gasteiger partial charge in [-0.25, -0.2) is 0 Å². The first-order valence-corrected chi connectivity index (χ1v) is 7.50. The minimum absolute atomic E-state index is 0.412. The maximum atomic E-state index is 4.24. The molecule has 1 rings (SSSR count). The van der Waals surface area contributed by atoms with Crippen LogP contribution in [0.1, 0.15) is 27.7 Å². The van der Waals surface area contributed by atoms with Crippen molar-refractivity contribution in [1.82, 2.24) is 20.4 Å². The number of nitrogens with zero attached hydrogens (tertiary/aromatic N) is 3. The molecule has 0 aromatic rings. The number of aliphatic imine (C=N–C) groups is 1. The standard InChI is InChI=1S/C14H31N5/c1-6-18-7-9-19(10-8-18)13(4)11-16-14(15-5)17-12(2)3/h12-13H,6-11H2,1-5H3,(H2,15,16,17). The van der Waals surface area contributed by atoms with E-state index in [2.05, 4.69) is 53.1 Å². The molecule has 5 heteroatoms. The summed E-state index contributed by atoms with van der Waals surface area (Å²) in [7, 11) is 1.82. The van der Waals surface area contributed by atoms with Gasteiger partial charge < -0.3 is 15.5 Å². The van der Waals surface area contributed by atoms with Crippen molar-refractivity contribution in [3.8, 4) is 0 Å². The highest BCUT2D eigenvalue weighted by Crippen LogP contribution is 2.05. The minimum Gasteiger partial charge on any atom is -0.355 e. The SMILES string of the molecule is CCN1CCN(C(C)CNC(=NC)NC(C)C)CC1. The van der Waals surface area contributed by atoms with Crippen molar-refractivity contribution in [2.24, 2.45) is 4.99 Å². The third-order valence-electron chi connectivity index (χ3n) is 3.69. The van der Waals surface area contributed by atoms with E-state index in [9.17, 15) is 0 Å². The number of hydrogen-bond donors (Lipinski definition) is 2. The average molecular weight is 269 g/mol. The van der Waals surface area contributed by atoms with Crippen LogP contribution >= 0.6 is 0 Å². The lowest BCUT2D eigenvalue weighted by Gasteiger charge is -2.37. The van der Waals surface area contributed by atoms with E-state index in [4.69, 9.17) is 0 Å². The lowest BCUT2D eigenvalue weighted by Crippen LogP contribution is -2.53. The molecule has 0 aliphatic carbocycles. The molecule has 0 aromatic carbocycles. The highest BCUT2D eigenvalue weighted by Gasteiger charge is 2.20. The van der Waals surface area contributed by atoms with E-state index in [0.717, 1.165) is 12.5 Å². The second kappa shape index (κ2) is 8.38. The fourth-order valence-electron chi connectivity index (χ4n) is 2.36. The number of hydrogen-bond acceptors (Lipinski definition) is 3. The molecule has 1 unspecified atom stereocenters. The number of likely N-dealkylation sites (N-methyl/N-ethyl adjacent to an activating group) is 1. The Bertz CT molecular complexity index is 269. The van der Waals surface area contributed by atoms with Gasteiger partial charge in [0, 0.05) is 51.9 Å². The van der Waals surface area contributed by atoms with Crippen molar-refractivity contribution in [2.45, 2.75) is 39.8 Å². The van der Waals surface area contributed by atoms with Gasteiger partial charge in [0.15, 0.2) is 5.96 Å². The van der Waals surface area contributed by atoms with E-state index in [1.54, 1.807) is 0 Å². The molecule has 0 amide bonds. The van der Waals surface area contributed by atoms with Crippen LogP contribution in [0.25, 0.3) is 0 Å². The van der Waals surface area contributed by atoms with Gasteiger partial charge in [-0.15, -0.1) is 0 Å². The van der Waals surface area contributed by atoms with Crippen LogP contribution in [-0.4, -0.2) is 74.2 Å². The smallest absolute Gasteiger partial charge is 0.191 e. The van der Waals surface area contributed by atoms with Crippen LogP contribution < -0.4 is 10.6 Å². The van der Waals surface area contributed by atoms with Crippen molar-refractivity contribution < 1.29 is 0 Å². The Kier molecular flexibility index (Phi) is 7.16. The first kappa shape index (κ1) is 16.2. The number of rotatable bonds is 5. The molecule has 5 nitrogen and oxygen atoms in total. The molecule has 1 aliphatic heterocycles. The van der Waals surface area contributed by atoms with E-state index in [1.165, 1.54) is 32.7 Å². The summed E-state index contributed by atoms with van der Waals surface area (Å²) in [6, 6.07) is 0.958. The summed E-state index contributed by atoms with van der Waals surface area (Å²) in [5, 5.41) is 6.72. The number of guanidine groups is 1. The summed E-state index contributed by atoms with van der Waals surface area (Å²) >= 11 is 0. The summed E-state index contributed by atoms with van der Waals surface area (Å²) in [4.78, 5) is 9.31. The summed E-state index contributed by atoms with van der Waals surface area (Å²) in [5.41, 5.74) is 0. The molecule has 1 heterocycles. The zero-order valence-corrected chi connectivity index (χ0v) is 13.2. The topological polar surface area (TPSA) is 42.9 Å². The fourth-order valence-corrected chi connectivity index (χ4v) is 2.36. The van der Waals surface area contributed by atoms with Crippen molar-refractivity contribution in [2.75, 3.05) is 46.3 Å². The predicted octanol–water partition coefficient (Wildman–Crippen LogP) is 0.586. The number of piperazine rings is 1. The highest BCUT2D eigenvalue weighted by molar-refractivity contribution is 5.79. The molecular weight excluding hydrogens is 238 g/mol. The zero-order valence-electron chi connectivity index (χ0n) is 13.2. The molecule has 19 heavy (non-hydrogen) atoms. The largest absolute Gasteiger partial charge is 0.355 e. The van der Waals surface area contributed by atoms with Crippen molar-refractivity contribution >= 4 is 5.96 Å². The zero-order chi connectivity index (χ0) is 14.3. The maximum absolute atomic E-state index is 4.24. The molecule has 0 spiro atoms. The van der Waals surface area contributed by atoms with Crippen LogP contribution in [0.15, 0.2) is 4.99 Å². The van der Waals surface area contributed by atoms with Gasteiger partial charge in [-0.1, -0.05) is 6.92 Å². The quantitative estimate of drug-likeness (QED) is 0.566. The molecule has 1 saturated heterocycles. The monoisotopic (exact) mass is 269 g/mol. The Balaban J connectivity index is 2.29. The van der Waals surface area contributed by atoms with Gasteiger partial charge in [0.2, 0.25) is 0 Å². The Morgan fingerprint density at radius 1 is 1.16 bits per heavy atom. The van der Waals surface area contributed by atoms with Gasteiger partial charge in [-0.3, -0.25) is 9.89 Å². The van der Waals surface area contributed by atoms with Crippen LogP contribution in [-0.2, 0) is 0 Å². The first-order chi connectivity index (χ1) is 9.06. The van der Waals surface area contributed by atoms with Crippen molar-refractivity contribution in [1.29, 1.82) is 0 Å². The molecular formula is C14H31N5. The molecule has 0 bridgehead atoms. The van der Waals surface area contributed by atoms with E-state index in [1.807, 2.05) is 7.05 Å². The first-order valence-electron chi connectivity index (χ1n) is 7.50. The van der Waals surface area contributed by atoms with Gasteiger partial charge in [0.05, 0.1) is 0 Å². The fraction of sp³-hybridized carbons (Fsp3) is 0.929. The van der Waals surface area contributed by atoms with Crippen LogP contribution in [0.2, 0.25) is 0 Å². The van der Waals surface area contributed by atoms with Crippen molar-refractivity contribution in [3.63, 3.8) is 0 Å². The molecule has 1 aliphatic rings. The highest BCUT2D eigenvalue weighted by atomic mass is 15.3. The van der Waals surface area contributed by atoms with E-state index in [-0.39, 0.29) is 0 Å². The second-order valence-corrected chi connectivity index (χ2v) is 5.57. The van der Waals surface area contributed by atoms with Crippen LogP contribution in [0.4, 0.5) is 0 Å². The molecule has 2 N–H and O–H groups in total. The third kappa shape index (κ3) is 5.78. The molecule has 112 valence electrons.